The highest BCUT2D eigenvalue weighted by Crippen LogP contribution is 2.24. The molecule has 0 aliphatic heterocycles. The first-order valence-corrected chi connectivity index (χ1v) is 5.67. The highest BCUT2D eigenvalue weighted by molar-refractivity contribution is 5.64. The van der Waals surface area contributed by atoms with Crippen molar-refractivity contribution in [2.75, 3.05) is 6.61 Å². The van der Waals surface area contributed by atoms with Crippen LogP contribution in [0, 0.1) is 0 Å². The number of nitrogens with zero attached hydrogens (tertiary/aromatic N) is 1. The Morgan fingerprint density at radius 3 is 2.59 bits per heavy atom. The van der Waals surface area contributed by atoms with Crippen molar-refractivity contribution in [3.8, 4) is 22.6 Å². The number of hydrogen-bond donors (Lipinski definition) is 1. The minimum absolute atomic E-state index is 0.264. The average molecular weight is 229 g/mol. The van der Waals surface area contributed by atoms with E-state index < -0.39 is 0 Å². The number of rotatable bonds is 4. The van der Waals surface area contributed by atoms with E-state index in [-0.39, 0.29) is 5.75 Å². The number of phenols is 1. The van der Waals surface area contributed by atoms with Crippen LogP contribution in [0.1, 0.15) is 13.3 Å². The van der Waals surface area contributed by atoms with E-state index in [2.05, 4.69) is 11.9 Å². The molecule has 17 heavy (non-hydrogen) atoms. The summed E-state index contributed by atoms with van der Waals surface area (Å²) in [5.41, 5.74) is 2.00. The zero-order chi connectivity index (χ0) is 12.1. The Hall–Kier alpha value is -2.03. The first kappa shape index (κ1) is 11.5. The van der Waals surface area contributed by atoms with Gasteiger partial charge in [-0.3, -0.25) is 4.98 Å². The second-order valence-electron chi connectivity index (χ2n) is 3.80. The summed E-state index contributed by atoms with van der Waals surface area (Å²) in [7, 11) is 0. The molecule has 0 bridgehead atoms. The fourth-order valence-electron chi connectivity index (χ4n) is 1.53. The van der Waals surface area contributed by atoms with Gasteiger partial charge in [-0.05, 0) is 30.2 Å². The predicted octanol–water partition coefficient (Wildman–Crippen LogP) is 3.24. The molecule has 0 atom stereocenters. The van der Waals surface area contributed by atoms with E-state index in [0.717, 1.165) is 23.3 Å². The molecule has 0 saturated carbocycles. The normalized spacial score (nSPS) is 10.2. The Morgan fingerprint density at radius 1 is 1.12 bits per heavy atom. The minimum atomic E-state index is 0.264. The van der Waals surface area contributed by atoms with E-state index in [0.29, 0.717) is 6.61 Å². The van der Waals surface area contributed by atoms with Crippen LogP contribution in [0.25, 0.3) is 11.1 Å². The topological polar surface area (TPSA) is 42.4 Å². The van der Waals surface area contributed by atoms with Crippen molar-refractivity contribution >= 4 is 0 Å². The highest BCUT2D eigenvalue weighted by atomic mass is 16.5. The highest BCUT2D eigenvalue weighted by Gasteiger charge is 2.01. The van der Waals surface area contributed by atoms with E-state index >= 15 is 0 Å². The van der Waals surface area contributed by atoms with Gasteiger partial charge in [0.15, 0.2) is 0 Å². The van der Waals surface area contributed by atoms with Crippen LogP contribution in [0.15, 0.2) is 42.7 Å². The Balaban J connectivity index is 2.23. The van der Waals surface area contributed by atoms with Crippen molar-refractivity contribution in [2.45, 2.75) is 13.3 Å². The Bertz CT molecular complexity index is 480. The zero-order valence-electron chi connectivity index (χ0n) is 9.76. The summed E-state index contributed by atoms with van der Waals surface area (Å²) in [6.07, 6.45) is 4.47. The number of hydrogen-bond acceptors (Lipinski definition) is 3. The molecule has 1 aromatic heterocycles. The largest absolute Gasteiger partial charge is 0.508 e. The molecular weight excluding hydrogens is 214 g/mol. The maximum absolute atomic E-state index is 9.23. The summed E-state index contributed by atoms with van der Waals surface area (Å²) in [6.45, 7) is 2.76. The molecule has 2 rings (SSSR count). The Labute approximate surface area is 101 Å². The van der Waals surface area contributed by atoms with Gasteiger partial charge >= 0.3 is 0 Å². The lowest BCUT2D eigenvalue weighted by Crippen LogP contribution is -1.95. The molecule has 0 aliphatic carbocycles. The van der Waals surface area contributed by atoms with Gasteiger partial charge < -0.3 is 9.84 Å². The SMILES string of the molecule is CCCOc1cncc(-c2ccc(O)cc2)c1. The van der Waals surface area contributed by atoms with Crippen LogP contribution < -0.4 is 4.74 Å². The smallest absolute Gasteiger partial charge is 0.138 e. The molecule has 0 saturated heterocycles. The van der Waals surface area contributed by atoms with Crippen molar-refractivity contribution in [2.24, 2.45) is 0 Å². The molecule has 1 aromatic carbocycles. The van der Waals surface area contributed by atoms with Gasteiger partial charge in [-0.25, -0.2) is 0 Å². The number of aromatic nitrogens is 1. The Kier molecular flexibility index (Phi) is 3.60. The van der Waals surface area contributed by atoms with Crippen LogP contribution in [0.3, 0.4) is 0 Å². The van der Waals surface area contributed by atoms with Crippen LogP contribution in [0.2, 0.25) is 0 Å². The van der Waals surface area contributed by atoms with Crippen molar-refractivity contribution < 1.29 is 9.84 Å². The van der Waals surface area contributed by atoms with Crippen LogP contribution in [0.5, 0.6) is 11.5 Å². The second-order valence-corrected chi connectivity index (χ2v) is 3.80. The zero-order valence-corrected chi connectivity index (χ0v) is 9.76. The molecule has 1 N–H and O–H groups in total. The molecule has 1 heterocycles. The van der Waals surface area contributed by atoms with E-state index in [1.165, 1.54) is 0 Å². The van der Waals surface area contributed by atoms with Crippen molar-refractivity contribution in [3.63, 3.8) is 0 Å². The molecule has 3 heteroatoms. The van der Waals surface area contributed by atoms with Gasteiger partial charge in [-0.15, -0.1) is 0 Å². The summed E-state index contributed by atoms with van der Waals surface area (Å²) >= 11 is 0. The monoisotopic (exact) mass is 229 g/mol. The molecule has 0 radical (unpaired) electrons. The third-order valence-electron chi connectivity index (χ3n) is 2.39. The lowest BCUT2D eigenvalue weighted by molar-refractivity contribution is 0.316. The molecule has 0 aliphatic rings. The number of ether oxygens (including phenoxy) is 1. The summed E-state index contributed by atoms with van der Waals surface area (Å²) in [6, 6.07) is 8.99. The molecule has 0 amide bonds. The molecular formula is C14H15NO2. The average Bonchev–Trinajstić information content (AvgIpc) is 2.37. The van der Waals surface area contributed by atoms with E-state index in [1.54, 1.807) is 24.5 Å². The van der Waals surface area contributed by atoms with Crippen LogP contribution in [-0.4, -0.2) is 16.7 Å². The summed E-state index contributed by atoms with van der Waals surface area (Å²) in [5.74, 6) is 1.04. The summed E-state index contributed by atoms with van der Waals surface area (Å²) in [4.78, 5) is 4.15. The maximum Gasteiger partial charge on any atom is 0.138 e. The number of phenolic OH excluding ortho intramolecular Hbond substituents is 1. The van der Waals surface area contributed by atoms with E-state index in [1.807, 2.05) is 18.2 Å². The Morgan fingerprint density at radius 2 is 1.88 bits per heavy atom. The first-order chi connectivity index (χ1) is 8.29. The number of benzene rings is 1. The lowest BCUT2D eigenvalue weighted by atomic mass is 10.1. The molecule has 0 spiro atoms. The van der Waals surface area contributed by atoms with Crippen LogP contribution >= 0.6 is 0 Å². The maximum atomic E-state index is 9.23. The van der Waals surface area contributed by atoms with Crippen molar-refractivity contribution in [3.05, 3.63) is 42.7 Å². The van der Waals surface area contributed by atoms with Gasteiger partial charge in [-0.2, -0.15) is 0 Å². The third kappa shape index (κ3) is 2.97. The molecule has 0 unspecified atom stereocenters. The first-order valence-electron chi connectivity index (χ1n) is 5.67. The molecule has 2 aromatic rings. The van der Waals surface area contributed by atoms with Crippen LogP contribution in [0.4, 0.5) is 0 Å². The van der Waals surface area contributed by atoms with Gasteiger partial charge in [0.1, 0.15) is 11.5 Å². The standard InChI is InChI=1S/C14H15NO2/c1-2-7-17-14-8-12(9-15-10-14)11-3-5-13(16)6-4-11/h3-6,8-10,16H,2,7H2,1H3. The minimum Gasteiger partial charge on any atom is -0.508 e. The number of pyridine rings is 1. The van der Waals surface area contributed by atoms with Gasteiger partial charge in [0.25, 0.3) is 0 Å². The van der Waals surface area contributed by atoms with Crippen molar-refractivity contribution in [1.29, 1.82) is 0 Å². The van der Waals surface area contributed by atoms with E-state index in [4.69, 9.17) is 4.74 Å². The quantitative estimate of drug-likeness (QED) is 0.875. The summed E-state index contributed by atoms with van der Waals surface area (Å²) in [5, 5.41) is 9.23. The number of aromatic hydroxyl groups is 1. The van der Waals surface area contributed by atoms with Crippen molar-refractivity contribution in [1.82, 2.24) is 4.98 Å². The second kappa shape index (κ2) is 5.34. The van der Waals surface area contributed by atoms with Gasteiger partial charge in [0, 0.05) is 11.8 Å². The van der Waals surface area contributed by atoms with Crippen LogP contribution in [-0.2, 0) is 0 Å². The third-order valence-corrected chi connectivity index (χ3v) is 2.39. The summed E-state index contributed by atoms with van der Waals surface area (Å²) < 4.78 is 5.53. The van der Waals surface area contributed by atoms with Gasteiger partial charge in [-0.1, -0.05) is 19.1 Å². The predicted molar refractivity (Wildman–Crippen MR) is 67.1 cm³/mol. The molecule has 3 nitrogen and oxygen atoms in total. The fourth-order valence-corrected chi connectivity index (χ4v) is 1.53. The molecule has 0 fully saturated rings. The van der Waals surface area contributed by atoms with Gasteiger partial charge in [0.2, 0.25) is 0 Å². The fraction of sp³-hybridized carbons (Fsp3) is 0.214. The lowest BCUT2D eigenvalue weighted by Gasteiger charge is -2.06. The van der Waals surface area contributed by atoms with Gasteiger partial charge in [0.05, 0.1) is 12.8 Å². The van der Waals surface area contributed by atoms with E-state index in [9.17, 15) is 5.11 Å². The molecule has 88 valence electrons.